The molecule has 16 heavy (non-hydrogen) atoms. The van der Waals surface area contributed by atoms with E-state index in [9.17, 15) is 5.11 Å². The zero-order valence-electron chi connectivity index (χ0n) is 10.8. The molecule has 0 heterocycles. The molecule has 1 heteroatoms. The third-order valence-corrected chi connectivity index (χ3v) is 2.98. The number of hydrogen-bond acceptors (Lipinski definition) is 0. The highest BCUT2D eigenvalue weighted by atomic mass is 16.3. The number of rotatable bonds is 6. The fourth-order valence-corrected chi connectivity index (χ4v) is 2.21. The molecule has 0 aliphatic carbocycles. The lowest BCUT2D eigenvalue weighted by molar-refractivity contribution is 0.343. The first kappa shape index (κ1) is 13.1. The summed E-state index contributed by atoms with van der Waals surface area (Å²) in [6, 6.07) is 4.21. The normalized spacial score (nSPS) is 10.7. The molecule has 89 valence electrons. The second kappa shape index (κ2) is 6.57. The van der Waals surface area contributed by atoms with E-state index in [2.05, 4.69) is 26.8 Å². The van der Waals surface area contributed by atoms with Gasteiger partial charge in [-0.15, -0.1) is 0 Å². The molecule has 0 atom stereocenters. The van der Waals surface area contributed by atoms with Crippen LogP contribution in [0, 0.1) is 0 Å². The first-order valence-electron chi connectivity index (χ1n) is 6.55. The van der Waals surface area contributed by atoms with Gasteiger partial charge < -0.3 is 0 Å². The van der Waals surface area contributed by atoms with Crippen molar-refractivity contribution in [1.29, 1.82) is 0 Å². The topological polar surface area (TPSA) is 19.9 Å². The lowest BCUT2D eigenvalue weighted by atomic mass is 9.94. The van der Waals surface area contributed by atoms with Crippen LogP contribution in [0.5, 0.6) is 5.75 Å². The monoisotopic (exact) mass is 219 g/mol. The first-order valence-corrected chi connectivity index (χ1v) is 6.55. The smallest absolute Gasteiger partial charge is 0.185 e. The summed E-state index contributed by atoms with van der Waals surface area (Å²) in [7, 11) is 0. The van der Waals surface area contributed by atoms with Gasteiger partial charge in [-0.1, -0.05) is 52.2 Å². The Morgan fingerprint density at radius 2 is 1.31 bits per heavy atom. The third-order valence-electron chi connectivity index (χ3n) is 2.98. The van der Waals surface area contributed by atoms with Crippen LogP contribution in [-0.4, -0.2) is 0 Å². The van der Waals surface area contributed by atoms with Gasteiger partial charge in [-0.2, -0.15) is 0 Å². The number of hydrogen-bond donors (Lipinski definition) is 0. The van der Waals surface area contributed by atoms with Gasteiger partial charge in [-0.25, -0.2) is 0 Å². The van der Waals surface area contributed by atoms with E-state index in [1.54, 1.807) is 0 Å². The van der Waals surface area contributed by atoms with Crippen molar-refractivity contribution in [3.63, 3.8) is 0 Å². The van der Waals surface area contributed by atoms with E-state index >= 15 is 0 Å². The van der Waals surface area contributed by atoms with Crippen LogP contribution in [0.1, 0.15) is 56.7 Å². The molecule has 1 nitrogen and oxygen atoms in total. The molecule has 0 saturated carbocycles. The maximum Gasteiger partial charge on any atom is 0.185 e. The Morgan fingerprint density at radius 3 is 1.88 bits per heavy atom. The Kier molecular flexibility index (Phi) is 5.37. The van der Waals surface area contributed by atoms with E-state index in [-0.39, 0.29) is 0 Å². The van der Waals surface area contributed by atoms with Crippen molar-refractivity contribution < 1.29 is 5.11 Å². The van der Waals surface area contributed by atoms with Gasteiger partial charge in [0.25, 0.3) is 0 Å². The van der Waals surface area contributed by atoms with Crippen LogP contribution >= 0.6 is 0 Å². The van der Waals surface area contributed by atoms with E-state index in [0.29, 0.717) is 5.75 Å². The summed E-state index contributed by atoms with van der Waals surface area (Å²) in [5.41, 5.74) is 3.36. The summed E-state index contributed by atoms with van der Waals surface area (Å²) in [6.07, 6.45) is 6.11. The Morgan fingerprint density at radius 1 is 0.812 bits per heavy atom. The molecule has 0 aliphatic heterocycles. The van der Waals surface area contributed by atoms with E-state index < -0.39 is 0 Å². The largest absolute Gasteiger partial charge is 0.289 e. The predicted octanol–water partition coefficient (Wildman–Crippen LogP) is 4.69. The second-order valence-electron chi connectivity index (χ2n) is 4.44. The first-order chi connectivity index (χ1) is 7.74. The maximum absolute atomic E-state index is 12.2. The van der Waals surface area contributed by atoms with Crippen LogP contribution in [0.15, 0.2) is 12.1 Å². The zero-order valence-corrected chi connectivity index (χ0v) is 10.8. The summed E-state index contributed by atoms with van der Waals surface area (Å²) < 4.78 is 0. The zero-order chi connectivity index (χ0) is 12.0. The van der Waals surface area contributed by atoms with Crippen molar-refractivity contribution in [3.05, 3.63) is 28.8 Å². The van der Waals surface area contributed by atoms with Gasteiger partial charge in [0, 0.05) is 5.56 Å². The highest BCUT2D eigenvalue weighted by molar-refractivity contribution is 5.45. The lowest BCUT2D eigenvalue weighted by Crippen LogP contribution is -1.97. The van der Waals surface area contributed by atoms with Crippen LogP contribution in [0.4, 0.5) is 0 Å². The van der Waals surface area contributed by atoms with Gasteiger partial charge in [0.1, 0.15) is 0 Å². The molecule has 0 spiro atoms. The molecule has 1 radical (unpaired) electrons. The van der Waals surface area contributed by atoms with E-state index in [4.69, 9.17) is 0 Å². The standard InChI is InChI=1S/C15H23O/c1-4-7-12-10-11-13(8-5-2)15(16)14(12)9-6-3/h10-11H,4-9H2,1-3H3. The second-order valence-corrected chi connectivity index (χ2v) is 4.44. The molecule has 0 amide bonds. The average Bonchev–Trinajstić information content (AvgIpc) is 2.28. The molecule has 0 unspecified atom stereocenters. The minimum absolute atomic E-state index is 0.314. The molecule has 1 rings (SSSR count). The Hall–Kier alpha value is -0.980. The maximum atomic E-state index is 12.2. The summed E-state index contributed by atoms with van der Waals surface area (Å²) in [5.74, 6) is 0.314. The highest BCUT2D eigenvalue weighted by Crippen LogP contribution is 2.29. The summed E-state index contributed by atoms with van der Waals surface area (Å²) in [6.45, 7) is 6.43. The Balaban J connectivity index is 3.07. The molecule has 1 aromatic rings. The van der Waals surface area contributed by atoms with Crippen molar-refractivity contribution in [3.8, 4) is 5.75 Å². The van der Waals surface area contributed by atoms with Crippen molar-refractivity contribution >= 4 is 0 Å². The molecular formula is C15H23O. The lowest BCUT2D eigenvalue weighted by Gasteiger charge is -2.12. The molecule has 0 fully saturated rings. The van der Waals surface area contributed by atoms with Crippen LogP contribution < -0.4 is 0 Å². The van der Waals surface area contributed by atoms with Crippen LogP contribution in [0.25, 0.3) is 0 Å². The minimum Gasteiger partial charge on any atom is -0.289 e. The fourth-order valence-electron chi connectivity index (χ4n) is 2.21. The molecule has 0 aliphatic rings. The van der Waals surface area contributed by atoms with Gasteiger partial charge in [0.2, 0.25) is 0 Å². The van der Waals surface area contributed by atoms with E-state index in [1.165, 1.54) is 5.56 Å². The van der Waals surface area contributed by atoms with Crippen molar-refractivity contribution in [2.24, 2.45) is 0 Å². The summed E-state index contributed by atoms with van der Waals surface area (Å²) >= 11 is 0. The van der Waals surface area contributed by atoms with Crippen molar-refractivity contribution in [1.82, 2.24) is 0 Å². The van der Waals surface area contributed by atoms with Crippen LogP contribution in [-0.2, 0) is 24.4 Å². The van der Waals surface area contributed by atoms with Gasteiger partial charge >= 0.3 is 0 Å². The molecule has 0 aromatic heterocycles. The summed E-state index contributed by atoms with van der Waals surface area (Å²) in [4.78, 5) is 0. The molecular weight excluding hydrogens is 196 g/mol. The molecule has 0 bridgehead atoms. The van der Waals surface area contributed by atoms with Crippen LogP contribution in [0.3, 0.4) is 0 Å². The van der Waals surface area contributed by atoms with Crippen molar-refractivity contribution in [2.45, 2.75) is 59.3 Å². The third kappa shape index (κ3) is 3.01. The molecule has 0 N–H and O–H groups in total. The summed E-state index contributed by atoms with van der Waals surface area (Å²) in [5, 5.41) is 12.2. The number of aryl methyl sites for hydroxylation is 2. The Bertz CT molecular complexity index is 328. The molecule has 1 aromatic carbocycles. The van der Waals surface area contributed by atoms with Crippen LogP contribution in [0.2, 0.25) is 0 Å². The minimum atomic E-state index is 0.314. The van der Waals surface area contributed by atoms with Gasteiger partial charge in [0.05, 0.1) is 0 Å². The SMILES string of the molecule is CCCc1ccc(CCC)c(CCC)c1[O]. The highest BCUT2D eigenvalue weighted by Gasteiger charge is 2.12. The van der Waals surface area contributed by atoms with E-state index in [0.717, 1.165) is 49.7 Å². The number of benzene rings is 1. The van der Waals surface area contributed by atoms with Gasteiger partial charge in [-0.05, 0) is 30.4 Å². The molecule has 0 saturated heterocycles. The van der Waals surface area contributed by atoms with Gasteiger partial charge in [-0.3, -0.25) is 5.11 Å². The van der Waals surface area contributed by atoms with E-state index in [1.807, 2.05) is 6.07 Å². The Labute approximate surface area is 99.5 Å². The average molecular weight is 219 g/mol. The van der Waals surface area contributed by atoms with Crippen molar-refractivity contribution in [2.75, 3.05) is 0 Å². The predicted molar refractivity (Wildman–Crippen MR) is 68.6 cm³/mol. The quantitative estimate of drug-likeness (QED) is 0.661. The fraction of sp³-hybridized carbons (Fsp3) is 0.600. The van der Waals surface area contributed by atoms with Gasteiger partial charge in [0.15, 0.2) is 5.75 Å².